The number of terminal acetylenes is 1. The first-order chi connectivity index (χ1) is 8.91. The molecule has 0 unspecified atom stereocenters. The molecule has 0 atom stereocenters. The van der Waals surface area contributed by atoms with Crippen molar-refractivity contribution in [2.75, 3.05) is 0 Å². The highest BCUT2D eigenvalue weighted by Gasteiger charge is 2.30. The van der Waals surface area contributed by atoms with Crippen LogP contribution in [-0.4, -0.2) is 0 Å². The van der Waals surface area contributed by atoms with Crippen LogP contribution >= 0.6 is 0 Å². The van der Waals surface area contributed by atoms with Gasteiger partial charge in [0, 0.05) is 11.1 Å². The molecular formula is C15H8F4. The van der Waals surface area contributed by atoms with Crippen LogP contribution in [0.15, 0.2) is 42.5 Å². The second-order valence-corrected chi connectivity index (χ2v) is 3.92. The van der Waals surface area contributed by atoms with E-state index in [0.717, 1.165) is 18.2 Å². The zero-order chi connectivity index (χ0) is 14.0. The molecule has 0 radical (unpaired) electrons. The molecule has 19 heavy (non-hydrogen) atoms. The average Bonchev–Trinajstić information content (AvgIpc) is 2.37. The Kier molecular flexibility index (Phi) is 3.30. The van der Waals surface area contributed by atoms with Crippen molar-refractivity contribution in [2.45, 2.75) is 6.18 Å². The van der Waals surface area contributed by atoms with Crippen LogP contribution < -0.4 is 0 Å². The number of hydrogen-bond acceptors (Lipinski definition) is 0. The van der Waals surface area contributed by atoms with Gasteiger partial charge in [-0.15, -0.1) is 6.42 Å². The van der Waals surface area contributed by atoms with Crippen molar-refractivity contribution in [2.24, 2.45) is 0 Å². The van der Waals surface area contributed by atoms with Gasteiger partial charge in [-0.25, -0.2) is 4.39 Å². The molecule has 0 bridgehead atoms. The van der Waals surface area contributed by atoms with Gasteiger partial charge in [-0.2, -0.15) is 13.2 Å². The van der Waals surface area contributed by atoms with Crippen LogP contribution in [0.1, 0.15) is 11.1 Å². The Morgan fingerprint density at radius 2 is 1.74 bits per heavy atom. The summed E-state index contributed by atoms with van der Waals surface area (Å²) in [5, 5.41) is 0. The first-order valence-corrected chi connectivity index (χ1v) is 5.35. The molecule has 0 aromatic heterocycles. The van der Waals surface area contributed by atoms with E-state index in [1.807, 2.05) is 0 Å². The Hall–Kier alpha value is -2.28. The van der Waals surface area contributed by atoms with E-state index in [0.29, 0.717) is 5.56 Å². The van der Waals surface area contributed by atoms with Crippen molar-refractivity contribution < 1.29 is 17.6 Å². The number of halogens is 4. The van der Waals surface area contributed by atoms with Crippen molar-refractivity contribution >= 4 is 0 Å². The normalized spacial score (nSPS) is 11.1. The summed E-state index contributed by atoms with van der Waals surface area (Å²) >= 11 is 0. The summed E-state index contributed by atoms with van der Waals surface area (Å²) in [6, 6.07) is 8.50. The summed E-state index contributed by atoms with van der Waals surface area (Å²) in [6.07, 6.45) is 0.670. The molecule has 0 spiro atoms. The van der Waals surface area contributed by atoms with Crippen LogP contribution in [-0.2, 0) is 6.18 Å². The highest BCUT2D eigenvalue weighted by Crippen LogP contribution is 2.32. The van der Waals surface area contributed by atoms with Crippen LogP contribution in [0.5, 0.6) is 0 Å². The van der Waals surface area contributed by atoms with Gasteiger partial charge in [-0.1, -0.05) is 24.1 Å². The molecule has 0 aliphatic carbocycles. The number of hydrogen-bond donors (Lipinski definition) is 0. The maximum Gasteiger partial charge on any atom is 0.416 e. The van der Waals surface area contributed by atoms with Crippen molar-refractivity contribution in [3.8, 4) is 23.5 Å². The quantitative estimate of drug-likeness (QED) is 0.525. The first-order valence-electron chi connectivity index (χ1n) is 5.35. The van der Waals surface area contributed by atoms with Crippen LogP contribution in [0.3, 0.4) is 0 Å². The molecule has 0 nitrogen and oxygen atoms in total. The van der Waals surface area contributed by atoms with Crippen LogP contribution in [0.2, 0.25) is 0 Å². The molecule has 0 heterocycles. The summed E-state index contributed by atoms with van der Waals surface area (Å²) in [7, 11) is 0. The third kappa shape index (κ3) is 2.76. The molecule has 0 N–H and O–H groups in total. The Bertz CT molecular complexity index is 648. The second kappa shape index (κ2) is 4.77. The molecule has 96 valence electrons. The largest absolute Gasteiger partial charge is 0.416 e. The van der Waals surface area contributed by atoms with Crippen molar-refractivity contribution in [1.29, 1.82) is 0 Å². The third-order valence-electron chi connectivity index (χ3n) is 2.64. The zero-order valence-corrected chi connectivity index (χ0v) is 9.63. The predicted octanol–water partition coefficient (Wildman–Crippen LogP) is 4.49. The highest BCUT2D eigenvalue weighted by atomic mass is 19.4. The van der Waals surface area contributed by atoms with E-state index in [9.17, 15) is 17.6 Å². The second-order valence-electron chi connectivity index (χ2n) is 3.92. The van der Waals surface area contributed by atoms with Crippen LogP contribution in [0, 0.1) is 18.2 Å². The lowest BCUT2D eigenvalue weighted by Crippen LogP contribution is -2.04. The van der Waals surface area contributed by atoms with Gasteiger partial charge >= 0.3 is 6.18 Å². The number of benzene rings is 2. The van der Waals surface area contributed by atoms with Crippen molar-refractivity contribution in [3.63, 3.8) is 0 Å². The van der Waals surface area contributed by atoms with Crippen molar-refractivity contribution in [3.05, 3.63) is 59.4 Å². The van der Waals surface area contributed by atoms with Gasteiger partial charge in [0.25, 0.3) is 0 Å². The minimum absolute atomic E-state index is 0.0881. The smallest absolute Gasteiger partial charge is 0.206 e. The van der Waals surface area contributed by atoms with E-state index in [1.165, 1.54) is 24.3 Å². The topological polar surface area (TPSA) is 0 Å². The molecule has 2 rings (SSSR count). The minimum atomic E-state index is -4.45. The molecule has 0 aliphatic rings. The molecule has 4 heteroatoms. The lowest BCUT2D eigenvalue weighted by molar-refractivity contribution is -0.137. The molecule has 0 saturated heterocycles. The van der Waals surface area contributed by atoms with Gasteiger partial charge in [0.2, 0.25) is 0 Å². The average molecular weight is 264 g/mol. The van der Waals surface area contributed by atoms with E-state index in [-0.39, 0.29) is 11.1 Å². The van der Waals surface area contributed by atoms with Crippen LogP contribution in [0.25, 0.3) is 11.1 Å². The molecular weight excluding hydrogens is 256 g/mol. The highest BCUT2D eigenvalue weighted by molar-refractivity contribution is 5.66. The standard InChI is InChI=1S/C15H8F4/c1-2-10-6-7-13(14(16)8-10)11-4-3-5-12(9-11)15(17,18)19/h1,3-9H. The molecule has 0 amide bonds. The van der Waals surface area contributed by atoms with E-state index in [1.54, 1.807) is 0 Å². The summed E-state index contributed by atoms with van der Waals surface area (Å²) < 4.78 is 51.5. The lowest BCUT2D eigenvalue weighted by Gasteiger charge is -2.09. The Balaban J connectivity index is 2.51. The molecule has 0 saturated carbocycles. The van der Waals surface area contributed by atoms with E-state index >= 15 is 0 Å². The first kappa shape index (κ1) is 13.2. The monoisotopic (exact) mass is 264 g/mol. The summed E-state index contributed by atoms with van der Waals surface area (Å²) in [4.78, 5) is 0. The van der Waals surface area contributed by atoms with Crippen LogP contribution in [0.4, 0.5) is 17.6 Å². The van der Waals surface area contributed by atoms with E-state index in [2.05, 4.69) is 5.92 Å². The number of rotatable bonds is 1. The summed E-state index contributed by atoms with van der Waals surface area (Å²) in [5.41, 5.74) is -0.223. The lowest BCUT2D eigenvalue weighted by atomic mass is 10.0. The fourth-order valence-electron chi connectivity index (χ4n) is 1.70. The zero-order valence-electron chi connectivity index (χ0n) is 9.63. The predicted molar refractivity (Wildman–Crippen MR) is 64.8 cm³/mol. The molecule has 2 aromatic carbocycles. The Labute approximate surface area is 107 Å². The number of alkyl halides is 3. The fraction of sp³-hybridized carbons (Fsp3) is 0.0667. The van der Waals surface area contributed by atoms with Gasteiger partial charge in [0.1, 0.15) is 5.82 Å². The van der Waals surface area contributed by atoms with Gasteiger partial charge in [-0.05, 0) is 29.8 Å². The maximum absolute atomic E-state index is 13.8. The summed E-state index contributed by atoms with van der Waals surface area (Å²) in [5.74, 6) is 1.62. The third-order valence-corrected chi connectivity index (χ3v) is 2.64. The fourth-order valence-corrected chi connectivity index (χ4v) is 1.70. The van der Waals surface area contributed by atoms with Gasteiger partial charge in [-0.3, -0.25) is 0 Å². The van der Waals surface area contributed by atoms with Gasteiger partial charge < -0.3 is 0 Å². The van der Waals surface area contributed by atoms with E-state index < -0.39 is 17.6 Å². The van der Waals surface area contributed by atoms with Gasteiger partial charge in [0.15, 0.2) is 0 Å². The molecule has 2 aromatic rings. The SMILES string of the molecule is C#Cc1ccc(-c2cccc(C(F)(F)F)c2)c(F)c1. The maximum atomic E-state index is 13.8. The van der Waals surface area contributed by atoms with E-state index in [4.69, 9.17) is 6.42 Å². The Morgan fingerprint density at radius 1 is 1.00 bits per heavy atom. The molecule has 0 aliphatic heterocycles. The summed E-state index contributed by atoms with van der Waals surface area (Å²) in [6.45, 7) is 0. The van der Waals surface area contributed by atoms with Gasteiger partial charge in [0.05, 0.1) is 5.56 Å². The molecule has 0 fully saturated rings. The van der Waals surface area contributed by atoms with Crippen molar-refractivity contribution in [1.82, 2.24) is 0 Å². The Morgan fingerprint density at radius 3 is 2.32 bits per heavy atom. The minimum Gasteiger partial charge on any atom is -0.206 e.